The molecule has 7 heteroatoms. The smallest absolute Gasteiger partial charge is 0.243 e. The lowest BCUT2D eigenvalue weighted by atomic mass is 10.0. The van der Waals surface area contributed by atoms with Gasteiger partial charge in [0, 0.05) is 6.04 Å². The number of hydrogen-bond donors (Lipinski definition) is 2. The number of hydrogen-bond acceptors (Lipinski definition) is 5. The number of rotatable bonds is 3. The first-order valence-corrected chi connectivity index (χ1v) is 8.05. The minimum atomic E-state index is -3.54. The molecule has 1 aromatic rings. The number of anilines is 1. The molecule has 0 saturated heterocycles. The largest absolute Gasteiger partial charge is 0.368 e. The third-order valence-corrected chi connectivity index (χ3v) is 5.01. The summed E-state index contributed by atoms with van der Waals surface area (Å²) in [6.07, 6.45) is 7.55. The third kappa shape index (κ3) is 3.87. The first-order valence-electron chi connectivity index (χ1n) is 6.57. The molecular weight excluding hydrogens is 264 g/mol. The Labute approximate surface area is 113 Å². The van der Waals surface area contributed by atoms with Crippen molar-refractivity contribution in [2.24, 2.45) is 5.92 Å². The first kappa shape index (κ1) is 14.2. The second-order valence-corrected chi connectivity index (χ2v) is 6.92. The molecule has 0 aliphatic heterocycles. The fourth-order valence-corrected chi connectivity index (χ4v) is 3.55. The summed E-state index contributed by atoms with van der Waals surface area (Å²) in [5.41, 5.74) is 5.35. The summed E-state index contributed by atoms with van der Waals surface area (Å²) >= 11 is 0. The second kappa shape index (κ2) is 5.83. The molecule has 0 bridgehead atoms. The summed E-state index contributed by atoms with van der Waals surface area (Å²) in [7, 11) is -3.54. The van der Waals surface area contributed by atoms with E-state index < -0.39 is 10.0 Å². The summed E-state index contributed by atoms with van der Waals surface area (Å²) in [4.78, 5) is 7.50. The number of aromatic nitrogens is 2. The third-order valence-electron chi connectivity index (χ3n) is 3.54. The molecular formula is C12H20N4O2S. The molecule has 1 fully saturated rings. The van der Waals surface area contributed by atoms with Crippen LogP contribution in [0.15, 0.2) is 17.3 Å². The van der Waals surface area contributed by atoms with E-state index in [-0.39, 0.29) is 16.9 Å². The van der Waals surface area contributed by atoms with E-state index in [1.54, 1.807) is 0 Å². The monoisotopic (exact) mass is 284 g/mol. The van der Waals surface area contributed by atoms with Crippen LogP contribution in [0.25, 0.3) is 0 Å². The van der Waals surface area contributed by atoms with Gasteiger partial charge in [-0.05, 0) is 25.2 Å². The zero-order chi connectivity index (χ0) is 13.9. The predicted molar refractivity (Wildman–Crippen MR) is 72.8 cm³/mol. The summed E-state index contributed by atoms with van der Waals surface area (Å²) in [6, 6.07) is 0.00695. The van der Waals surface area contributed by atoms with Gasteiger partial charge in [-0.15, -0.1) is 0 Å². The van der Waals surface area contributed by atoms with Gasteiger partial charge in [0.25, 0.3) is 0 Å². The van der Waals surface area contributed by atoms with Crippen LogP contribution in [0.4, 0.5) is 5.95 Å². The van der Waals surface area contributed by atoms with Gasteiger partial charge in [-0.25, -0.2) is 23.1 Å². The van der Waals surface area contributed by atoms with E-state index in [0.717, 1.165) is 25.7 Å². The molecule has 3 N–H and O–H groups in total. The topological polar surface area (TPSA) is 98.0 Å². The fourth-order valence-electron chi connectivity index (χ4n) is 2.36. The molecule has 2 rings (SSSR count). The quantitative estimate of drug-likeness (QED) is 0.815. The van der Waals surface area contributed by atoms with Crippen molar-refractivity contribution in [1.82, 2.24) is 14.7 Å². The fraction of sp³-hybridized carbons (Fsp3) is 0.667. The van der Waals surface area contributed by atoms with Crippen molar-refractivity contribution in [3.8, 4) is 0 Å². The Morgan fingerprint density at radius 2 is 1.89 bits per heavy atom. The lowest BCUT2D eigenvalue weighted by Crippen LogP contribution is -2.34. The molecule has 1 heterocycles. The highest BCUT2D eigenvalue weighted by Crippen LogP contribution is 2.23. The van der Waals surface area contributed by atoms with E-state index in [1.807, 2.05) is 0 Å². The van der Waals surface area contributed by atoms with E-state index >= 15 is 0 Å². The van der Waals surface area contributed by atoms with Crippen molar-refractivity contribution >= 4 is 16.0 Å². The van der Waals surface area contributed by atoms with Crippen molar-refractivity contribution in [2.45, 2.75) is 50.0 Å². The van der Waals surface area contributed by atoms with Crippen molar-refractivity contribution in [3.63, 3.8) is 0 Å². The van der Waals surface area contributed by atoms with Crippen molar-refractivity contribution in [2.75, 3.05) is 5.73 Å². The van der Waals surface area contributed by atoms with Gasteiger partial charge in [0.1, 0.15) is 4.90 Å². The van der Waals surface area contributed by atoms with E-state index in [4.69, 9.17) is 5.73 Å². The van der Waals surface area contributed by atoms with Crippen molar-refractivity contribution in [1.29, 1.82) is 0 Å². The standard InChI is InChI=1S/C12H20N4O2S/c1-9-3-2-4-10(6-5-9)16-19(17,18)11-7-14-12(13)15-8-11/h7-10,16H,2-6H2,1H3,(H2,13,14,15). The van der Waals surface area contributed by atoms with Gasteiger partial charge >= 0.3 is 0 Å². The van der Waals surface area contributed by atoms with Gasteiger partial charge in [-0.2, -0.15) is 0 Å². The summed E-state index contributed by atoms with van der Waals surface area (Å²) in [5, 5.41) is 0. The number of nitrogen functional groups attached to an aromatic ring is 1. The van der Waals surface area contributed by atoms with Crippen molar-refractivity contribution < 1.29 is 8.42 Å². The average Bonchev–Trinajstić information content (AvgIpc) is 2.54. The molecule has 1 aromatic heterocycles. The number of nitrogens with one attached hydrogen (secondary N) is 1. The van der Waals surface area contributed by atoms with E-state index in [9.17, 15) is 8.42 Å². The molecule has 0 amide bonds. The predicted octanol–water partition coefficient (Wildman–Crippen LogP) is 1.31. The molecule has 0 radical (unpaired) electrons. The Hall–Kier alpha value is -1.21. The Bertz CT molecular complexity index is 515. The van der Waals surface area contributed by atoms with E-state index in [0.29, 0.717) is 5.92 Å². The maximum Gasteiger partial charge on any atom is 0.243 e. The minimum absolute atomic E-state index is 0.00695. The Morgan fingerprint density at radius 3 is 2.58 bits per heavy atom. The zero-order valence-corrected chi connectivity index (χ0v) is 11.9. The molecule has 1 aliphatic rings. The minimum Gasteiger partial charge on any atom is -0.368 e. The normalized spacial score (nSPS) is 24.9. The molecule has 0 spiro atoms. The van der Waals surface area contributed by atoms with E-state index in [2.05, 4.69) is 21.6 Å². The lowest BCUT2D eigenvalue weighted by molar-refractivity contribution is 0.484. The van der Waals surface area contributed by atoms with Crippen LogP contribution in [0.1, 0.15) is 39.0 Å². The number of nitrogens with two attached hydrogens (primary N) is 1. The molecule has 0 aromatic carbocycles. The SMILES string of the molecule is CC1CCCC(NS(=O)(=O)c2cnc(N)nc2)CC1. The molecule has 1 saturated carbocycles. The molecule has 6 nitrogen and oxygen atoms in total. The first-order chi connectivity index (χ1) is 8.97. The molecule has 19 heavy (non-hydrogen) atoms. The molecule has 2 unspecified atom stereocenters. The highest BCUT2D eigenvalue weighted by molar-refractivity contribution is 7.89. The highest BCUT2D eigenvalue weighted by Gasteiger charge is 2.23. The summed E-state index contributed by atoms with van der Waals surface area (Å²) in [5.74, 6) is 0.747. The number of nitrogens with zero attached hydrogens (tertiary/aromatic N) is 2. The summed E-state index contributed by atoms with van der Waals surface area (Å²) in [6.45, 7) is 2.21. The van der Waals surface area contributed by atoms with Gasteiger partial charge in [-0.3, -0.25) is 0 Å². The van der Waals surface area contributed by atoms with Gasteiger partial charge in [-0.1, -0.05) is 19.8 Å². The highest BCUT2D eigenvalue weighted by atomic mass is 32.2. The maximum absolute atomic E-state index is 12.2. The van der Waals surface area contributed by atoms with Gasteiger partial charge in [0.2, 0.25) is 16.0 Å². The van der Waals surface area contributed by atoms with Crippen LogP contribution in [0.2, 0.25) is 0 Å². The Kier molecular flexibility index (Phi) is 4.36. The molecule has 1 aliphatic carbocycles. The summed E-state index contributed by atoms with van der Waals surface area (Å²) < 4.78 is 27.1. The molecule has 2 atom stereocenters. The lowest BCUT2D eigenvalue weighted by Gasteiger charge is -2.16. The van der Waals surface area contributed by atoms with Crippen LogP contribution in [0.3, 0.4) is 0 Å². The van der Waals surface area contributed by atoms with Crippen LogP contribution in [-0.4, -0.2) is 24.4 Å². The Morgan fingerprint density at radius 1 is 1.21 bits per heavy atom. The maximum atomic E-state index is 12.2. The van der Waals surface area contributed by atoms with Crippen LogP contribution in [0.5, 0.6) is 0 Å². The Balaban J connectivity index is 2.06. The van der Waals surface area contributed by atoms with Gasteiger partial charge in [0.05, 0.1) is 12.4 Å². The van der Waals surface area contributed by atoms with Crippen LogP contribution in [0, 0.1) is 5.92 Å². The van der Waals surface area contributed by atoms with Gasteiger partial charge in [0.15, 0.2) is 0 Å². The van der Waals surface area contributed by atoms with Crippen molar-refractivity contribution in [3.05, 3.63) is 12.4 Å². The second-order valence-electron chi connectivity index (χ2n) is 5.21. The van der Waals surface area contributed by atoms with E-state index in [1.165, 1.54) is 18.8 Å². The van der Waals surface area contributed by atoms with Gasteiger partial charge < -0.3 is 5.73 Å². The van der Waals surface area contributed by atoms with Crippen LogP contribution in [-0.2, 0) is 10.0 Å². The zero-order valence-electron chi connectivity index (χ0n) is 11.0. The average molecular weight is 284 g/mol. The van der Waals surface area contributed by atoms with Crippen LogP contribution < -0.4 is 10.5 Å². The van der Waals surface area contributed by atoms with Crippen LogP contribution >= 0.6 is 0 Å². The number of sulfonamides is 1. The molecule has 106 valence electrons.